The number of likely N-dealkylation sites (tertiary alicyclic amines) is 1. The molecule has 4 N–H and O–H groups in total. The molecule has 1 fully saturated rings. The van der Waals surface area contributed by atoms with E-state index in [-0.39, 0.29) is 17.2 Å². The van der Waals surface area contributed by atoms with Crippen LogP contribution in [0.4, 0.5) is 5.69 Å². The summed E-state index contributed by atoms with van der Waals surface area (Å²) in [6.07, 6.45) is 0.761. The molecule has 0 aromatic heterocycles. The number of nitrogen functional groups attached to an aromatic ring is 1. The largest absolute Gasteiger partial charge is 0.478 e. The summed E-state index contributed by atoms with van der Waals surface area (Å²) in [5, 5.41) is 12.0. The van der Waals surface area contributed by atoms with Crippen molar-refractivity contribution in [3.8, 4) is 0 Å². The zero-order valence-electron chi connectivity index (χ0n) is 12.3. The van der Waals surface area contributed by atoms with E-state index in [0.717, 1.165) is 13.0 Å². The second-order valence-electron chi connectivity index (χ2n) is 5.79. The van der Waals surface area contributed by atoms with Crippen LogP contribution in [0.1, 0.15) is 29.3 Å². The molecule has 21 heavy (non-hydrogen) atoms. The van der Waals surface area contributed by atoms with Gasteiger partial charge in [-0.3, -0.25) is 9.69 Å². The molecule has 1 heterocycles. The highest BCUT2D eigenvalue weighted by Crippen LogP contribution is 2.31. The van der Waals surface area contributed by atoms with Gasteiger partial charge in [0.15, 0.2) is 0 Å². The third-order valence-electron chi connectivity index (χ3n) is 4.12. The van der Waals surface area contributed by atoms with Crippen LogP contribution < -0.4 is 11.1 Å². The van der Waals surface area contributed by atoms with E-state index >= 15 is 0 Å². The van der Waals surface area contributed by atoms with E-state index in [0.29, 0.717) is 18.7 Å². The molecule has 1 atom stereocenters. The second kappa shape index (κ2) is 5.73. The number of nitrogens with two attached hydrogens (primary N) is 1. The first-order chi connectivity index (χ1) is 9.87. The molecule has 1 saturated heterocycles. The molecule has 1 unspecified atom stereocenters. The number of carbonyl (C=O) groups is 2. The van der Waals surface area contributed by atoms with Crippen molar-refractivity contribution < 1.29 is 14.7 Å². The number of carboxylic acids is 1. The summed E-state index contributed by atoms with van der Waals surface area (Å²) in [5.74, 6) is -0.993. The highest BCUT2D eigenvalue weighted by atomic mass is 16.4. The van der Waals surface area contributed by atoms with Gasteiger partial charge in [0.2, 0.25) is 5.91 Å². The lowest BCUT2D eigenvalue weighted by Crippen LogP contribution is -2.39. The minimum absolute atomic E-state index is 0.0241. The molecule has 0 aliphatic carbocycles. The zero-order valence-corrected chi connectivity index (χ0v) is 12.3. The van der Waals surface area contributed by atoms with Crippen molar-refractivity contribution in [1.29, 1.82) is 0 Å². The van der Waals surface area contributed by atoms with Crippen molar-refractivity contribution in [3.05, 3.63) is 29.3 Å². The summed E-state index contributed by atoms with van der Waals surface area (Å²) < 4.78 is 0. The Morgan fingerprint density at radius 3 is 2.81 bits per heavy atom. The topological polar surface area (TPSA) is 95.7 Å². The van der Waals surface area contributed by atoms with E-state index in [1.165, 1.54) is 0 Å². The maximum Gasteiger partial charge on any atom is 0.338 e. The van der Waals surface area contributed by atoms with Crippen LogP contribution in [0.2, 0.25) is 0 Å². The molecular formula is C15H21N3O3. The lowest BCUT2D eigenvalue weighted by Gasteiger charge is -2.23. The number of rotatable bonds is 4. The first kappa shape index (κ1) is 15.3. The van der Waals surface area contributed by atoms with Crippen LogP contribution in [0.5, 0.6) is 0 Å². The molecule has 1 aromatic carbocycles. The number of amides is 1. The van der Waals surface area contributed by atoms with Gasteiger partial charge in [-0.1, -0.05) is 12.1 Å². The highest BCUT2D eigenvalue weighted by molar-refractivity contribution is 5.95. The number of carboxylic acid groups (broad SMARTS) is 1. The predicted octanol–water partition coefficient (Wildman–Crippen LogP) is 0.925. The number of nitrogens with zero attached hydrogens (tertiary/aromatic N) is 1. The number of carbonyl (C=O) groups excluding carboxylic acids is 1. The van der Waals surface area contributed by atoms with Crippen molar-refractivity contribution in [2.75, 3.05) is 25.9 Å². The summed E-state index contributed by atoms with van der Waals surface area (Å²) in [4.78, 5) is 25.3. The van der Waals surface area contributed by atoms with Crippen LogP contribution in [-0.2, 0) is 11.3 Å². The molecule has 114 valence electrons. The number of hydrogen-bond acceptors (Lipinski definition) is 4. The fraction of sp³-hybridized carbons (Fsp3) is 0.467. The van der Waals surface area contributed by atoms with Crippen LogP contribution in [0.25, 0.3) is 0 Å². The average Bonchev–Trinajstić information content (AvgIpc) is 2.80. The number of anilines is 1. The molecular weight excluding hydrogens is 270 g/mol. The first-order valence-corrected chi connectivity index (χ1v) is 6.92. The van der Waals surface area contributed by atoms with Crippen molar-refractivity contribution in [2.45, 2.75) is 19.9 Å². The van der Waals surface area contributed by atoms with Gasteiger partial charge in [-0.2, -0.15) is 0 Å². The lowest BCUT2D eigenvalue weighted by atomic mass is 9.89. The molecule has 2 rings (SSSR count). The van der Waals surface area contributed by atoms with E-state index in [4.69, 9.17) is 5.73 Å². The Labute approximate surface area is 123 Å². The molecule has 6 nitrogen and oxygen atoms in total. The molecule has 0 bridgehead atoms. The van der Waals surface area contributed by atoms with E-state index in [1.54, 1.807) is 25.2 Å². The summed E-state index contributed by atoms with van der Waals surface area (Å²) in [5.41, 5.74) is 6.45. The molecule has 6 heteroatoms. The third kappa shape index (κ3) is 3.00. The molecule has 1 aromatic rings. The van der Waals surface area contributed by atoms with Crippen LogP contribution in [-0.4, -0.2) is 42.0 Å². The molecule has 0 saturated carbocycles. The van der Waals surface area contributed by atoms with Crippen LogP contribution in [0.15, 0.2) is 18.2 Å². The van der Waals surface area contributed by atoms with Crippen LogP contribution >= 0.6 is 0 Å². The Morgan fingerprint density at radius 2 is 2.19 bits per heavy atom. The number of benzene rings is 1. The first-order valence-electron chi connectivity index (χ1n) is 6.92. The van der Waals surface area contributed by atoms with Crippen molar-refractivity contribution in [1.82, 2.24) is 10.2 Å². The SMILES string of the molecule is CNC(=O)C1(C)CCN(Cc2cccc(N)c2C(=O)O)C1. The zero-order chi connectivity index (χ0) is 15.6. The Balaban J connectivity index is 2.16. The minimum atomic E-state index is -1.02. The number of hydrogen-bond donors (Lipinski definition) is 3. The summed E-state index contributed by atoms with van der Waals surface area (Å²) >= 11 is 0. The number of nitrogens with one attached hydrogen (secondary N) is 1. The van der Waals surface area contributed by atoms with Gasteiger partial charge in [0.1, 0.15) is 0 Å². The van der Waals surface area contributed by atoms with Gasteiger partial charge in [0, 0.05) is 25.8 Å². The fourth-order valence-electron chi connectivity index (χ4n) is 2.93. The van der Waals surface area contributed by atoms with Gasteiger partial charge < -0.3 is 16.2 Å². The van der Waals surface area contributed by atoms with Crippen LogP contribution in [0, 0.1) is 5.41 Å². The standard InChI is InChI=1S/C15H21N3O3/c1-15(14(21)17-2)6-7-18(9-15)8-10-4-3-5-11(16)12(10)13(19)20/h3-5H,6-9,16H2,1-2H3,(H,17,21)(H,19,20). The van der Waals surface area contributed by atoms with Crippen LogP contribution in [0.3, 0.4) is 0 Å². The van der Waals surface area contributed by atoms with Crippen molar-refractivity contribution in [2.24, 2.45) is 5.41 Å². The monoisotopic (exact) mass is 291 g/mol. The third-order valence-corrected chi connectivity index (χ3v) is 4.12. The highest BCUT2D eigenvalue weighted by Gasteiger charge is 2.39. The Bertz CT molecular complexity index is 573. The van der Waals surface area contributed by atoms with Crippen molar-refractivity contribution in [3.63, 3.8) is 0 Å². The van der Waals surface area contributed by atoms with Gasteiger partial charge >= 0.3 is 5.97 Å². The van der Waals surface area contributed by atoms with E-state index in [2.05, 4.69) is 10.2 Å². The Hall–Kier alpha value is -2.08. The maximum absolute atomic E-state index is 11.9. The van der Waals surface area contributed by atoms with Gasteiger partial charge in [-0.05, 0) is 31.5 Å². The van der Waals surface area contributed by atoms with Crippen molar-refractivity contribution >= 4 is 17.6 Å². The smallest absolute Gasteiger partial charge is 0.338 e. The number of aromatic carboxylic acids is 1. The van der Waals surface area contributed by atoms with Gasteiger partial charge in [-0.25, -0.2) is 4.79 Å². The predicted molar refractivity (Wildman–Crippen MR) is 79.9 cm³/mol. The maximum atomic E-state index is 11.9. The summed E-state index contributed by atoms with van der Waals surface area (Å²) in [6.45, 7) is 3.79. The molecule has 1 amide bonds. The average molecular weight is 291 g/mol. The minimum Gasteiger partial charge on any atom is -0.478 e. The van der Waals surface area contributed by atoms with E-state index < -0.39 is 11.4 Å². The Morgan fingerprint density at radius 1 is 1.48 bits per heavy atom. The molecule has 1 aliphatic heterocycles. The fourth-order valence-corrected chi connectivity index (χ4v) is 2.93. The molecule has 1 aliphatic rings. The normalized spacial score (nSPS) is 22.2. The Kier molecular flexibility index (Phi) is 4.18. The van der Waals surface area contributed by atoms with Gasteiger partial charge in [0.05, 0.1) is 11.0 Å². The summed E-state index contributed by atoms with van der Waals surface area (Å²) in [7, 11) is 1.64. The second-order valence-corrected chi connectivity index (χ2v) is 5.79. The van der Waals surface area contributed by atoms with E-state index in [9.17, 15) is 14.7 Å². The summed E-state index contributed by atoms with van der Waals surface area (Å²) in [6, 6.07) is 5.12. The van der Waals surface area contributed by atoms with Gasteiger partial charge in [0.25, 0.3) is 0 Å². The van der Waals surface area contributed by atoms with Gasteiger partial charge in [-0.15, -0.1) is 0 Å². The van der Waals surface area contributed by atoms with E-state index in [1.807, 2.05) is 6.92 Å². The quantitative estimate of drug-likeness (QED) is 0.717. The molecule has 0 spiro atoms. The molecule has 0 radical (unpaired) electrons. The lowest BCUT2D eigenvalue weighted by molar-refractivity contribution is -0.129.